The lowest BCUT2D eigenvalue weighted by atomic mass is 9.98. The van der Waals surface area contributed by atoms with Crippen molar-refractivity contribution in [1.29, 1.82) is 0 Å². The van der Waals surface area contributed by atoms with Crippen LogP contribution in [0.15, 0.2) is 18.2 Å². The second kappa shape index (κ2) is 26.6. The number of carboxylic acids is 1. The molecule has 1 aliphatic rings. The average Bonchev–Trinajstić information content (AvgIpc) is 3.15. The molecule has 10 atom stereocenters. The van der Waals surface area contributed by atoms with E-state index in [1.54, 1.807) is 19.1 Å². The molecule has 0 amide bonds. The highest BCUT2D eigenvalue weighted by atomic mass is 16.7. The first-order chi connectivity index (χ1) is 27.1. The summed E-state index contributed by atoms with van der Waals surface area (Å²) >= 11 is 0. The van der Waals surface area contributed by atoms with Gasteiger partial charge in [-0.1, -0.05) is 82.8 Å². The van der Waals surface area contributed by atoms with Crippen LogP contribution in [0.3, 0.4) is 0 Å². The number of aryl methyl sites for hydroxylation is 1. The maximum atomic E-state index is 13.0. The maximum absolute atomic E-state index is 13.0. The highest BCUT2D eigenvalue weighted by Crippen LogP contribution is 2.27. The van der Waals surface area contributed by atoms with Gasteiger partial charge in [-0.25, -0.2) is 9.59 Å². The Bertz CT molecular complexity index is 1360. The molecule has 1 aromatic carbocycles. The van der Waals surface area contributed by atoms with Crippen LogP contribution in [-0.4, -0.2) is 139 Å². The molecule has 0 aliphatic carbocycles. The van der Waals surface area contributed by atoms with Gasteiger partial charge in [-0.05, 0) is 44.2 Å². The molecule has 0 unspecified atom stereocenters. The molecule has 1 heterocycles. The minimum atomic E-state index is -2.18. The van der Waals surface area contributed by atoms with Crippen molar-refractivity contribution in [3.63, 3.8) is 0 Å². The summed E-state index contributed by atoms with van der Waals surface area (Å²) in [7, 11) is 0. The van der Waals surface area contributed by atoms with Crippen molar-refractivity contribution in [2.75, 3.05) is 13.2 Å². The van der Waals surface area contributed by atoms with Crippen molar-refractivity contribution in [2.45, 2.75) is 178 Å². The quantitative estimate of drug-likeness (QED) is 0.0343. The first-order valence-corrected chi connectivity index (χ1v) is 20.0. The van der Waals surface area contributed by atoms with Gasteiger partial charge in [-0.3, -0.25) is 9.59 Å². The van der Waals surface area contributed by atoms with Crippen LogP contribution in [0.5, 0.6) is 5.75 Å². The van der Waals surface area contributed by atoms with Gasteiger partial charge < -0.3 is 64.5 Å². The molecule has 0 aromatic heterocycles. The summed E-state index contributed by atoms with van der Waals surface area (Å²) in [5.41, 5.74) is 0.661. The number of aromatic hydroxyl groups is 1. The van der Waals surface area contributed by atoms with E-state index in [9.17, 15) is 60.0 Å². The van der Waals surface area contributed by atoms with Crippen LogP contribution in [0.2, 0.25) is 0 Å². The fraction of sp³-hybridized carbons (Fsp3) is 0.750. The molecule has 1 saturated heterocycles. The van der Waals surface area contributed by atoms with Crippen molar-refractivity contribution in [3.8, 4) is 5.75 Å². The number of aromatic carboxylic acids is 1. The van der Waals surface area contributed by atoms with Crippen LogP contribution in [0, 0.1) is 0 Å². The van der Waals surface area contributed by atoms with Gasteiger partial charge in [-0.2, -0.15) is 0 Å². The first kappa shape index (κ1) is 49.7. The SMILES string of the molecule is CC(=O)O[C@H]1[C@H](O[C@H](CO)[C@@H](O)[C@@H](O)[C@@H](OC(C)=O)C(=O)O[C@@H](C)CCCCCCCCCCCCCCCc2cccc(O)c2C(=O)O)O[C@H](CO)[C@@H](O)[C@@H]1O. The second-order valence-electron chi connectivity index (χ2n) is 14.6. The van der Waals surface area contributed by atoms with Crippen molar-refractivity contribution < 1.29 is 83.7 Å². The summed E-state index contributed by atoms with van der Waals surface area (Å²) in [5.74, 6) is -4.31. The number of carbonyl (C=O) groups excluding carboxylic acids is 3. The van der Waals surface area contributed by atoms with Gasteiger partial charge in [0.05, 0.1) is 19.3 Å². The molecule has 17 heteroatoms. The number of esters is 3. The molecule has 0 spiro atoms. The van der Waals surface area contributed by atoms with E-state index in [1.807, 2.05) is 0 Å². The van der Waals surface area contributed by atoms with Gasteiger partial charge in [0.1, 0.15) is 47.9 Å². The Morgan fingerprint density at radius 3 is 1.84 bits per heavy atom. The Morgan fingerprint density at radius 1 is 0.772 bits per heavy atom. The second-order valence-corrected chi connectivity index (χ2v) is 14.6. The zero-order chi connectivity index (χ0) is 42.5. The molecule has 1 aromatic rings. The lowest BCUT2D eigenvalue weighted by Gasteiger charge is -2.42. The smallest absolute Gasteiger partial charge is 0.350 e. The van der Waals surface area contributed by atoms with E-state index in [4.69, 9.17) is 23.7 Å². The van der Waals surface area contributed by atoms with Gasteiger partial charge in [0.15, 0.2) is 12.4 Å². The van der Waals surface area contributed by atoms with Crippen molar-refractivity contribution in [2.24, 2.45) is 0 Å². The summed E-state index contributed by atoms with van der Waals surface area (Å²) < 4.78 is 26.3. The maximum Gasteiger partial charge on any atom is 0.350 e. The molecule has 1 fully saturated rings. The number of ether oxygens (including phenoxy) is 5. The molecule has 57 heavy (non-hydrogen) atoms. The molecule has 0 bridgehead atoms. The molecule has 8 N–H and O–H groups in total. The highest BCUT2D eigenvalue weighted by Gasteiger charge is 2.49. The highest BCUT2D eigenvalue weighted by molar-refractivity contribution is 5.92. The van der Waals surface area contributed by atoms with E-state index < -0.39 is 98.3 Å². The van der Waals surface area contributed by atoms with Crippen molar-refractivity contribution in [1.82, 2.24) is 0 Å². The fourth-order valence-corrected chi connectivity index (χ4v) is 6.78. The zero-order valence-corrected chi connectivity index (χ0v) is 33.3. The Hall–Kier alpha value is -3.42. The number of hydrogen-bond donors (Lipinski definition) is 8. The number of carbonyl (C=O) groups is 4. The summed E-state index contributed by atoms with van der Waals surface area (Å²) in [5, 5.41) is 81.1. The summed E-state index contributed by atoms with van der Waals surface area (Å²) in [6.07, 6.45) is -2.32. The number of aliphatic hydroxyl groups is 6. The lowest BCUT2D eigenvalue weighted by molar-refractivity contribution is -0.324. The lowest BCUT2D eigenvalue weighted by Crippen LogP contribution is -2.62. The average molecular weight is 817 g/mol. The topological polar surface area (TPSA) is 276 Å². The normalized spacial score (nSPS) is 22.2. The number of unbranched alkanes of at least 4 members (excludes halogenated alkanes) is 12. The van der Waals surface area contributed by atoms with Gasteiger partial charge in [0.2, 0.25) is 6.10 Å². The molecular weight excluding hydrogens is 752 g/mol. The van der Waals surface area contributed by atoms with Crippen LogP contribution < -0.4 is 0 Å². The summed E-state index contributed by atoms with van der Waals surface area (Å²) in [6.45, 7) is 1.84. The van der Waals surface area contributed by atoms with Crippen LogP contribution in [0.1, 0.15) is 127 Å². The van der Waals surface area contributed by atoms with E-state index in [2.05, 4.69) is 0 Å². The minimum Gasteiger partial charge on any atom is -0.507 e. The predicted molar refractivity (Wildman–Crippen MR) is 202 cm³/mol. The van der Waals surface area contributed by atoms with Crippen molar-refractivity contribution in [3.05, 3.63) is 29.3 Å². The van der Waals surface area contributed by atoms with E-state index in [1.165, 1.54) is 6.07 Å². The number of benzene rings is 1. The van der Waals surface area contributed by atoms with Crippen LogP contribution in [-0.2, 0) is 44.5 Å². The van der Waals surface area contributed by atoms with Gasteiger partial charge in [0.25, 0.3) is 0 Å². The number of carboxylic acid groups (broad SMARTS) is 1. The molecule has 0 saturated carbocycles. The Balaban J connectivity index is 1.68. The molecule has 17 nitrogen and oxygen atoms in total. The third-order valence-corrected chi connectivity index (χ3v) is 9.90. The zero-order valence-electron chi connectivity index (χ0n) is 33.3. The number of rotatable bonds is 28. The van der Waals surface area contributed by atoms with Crippen LogP contribution in [0.25, 0.3) is 0 Å². The molecule has 1 aliphatic heterocycles. The summed E-state index contributed by atoms with van der Waals surface area (Å²) in [4.78, 5) is 47.9. The van der Waals surface area contributed by atoms with Gasteiger partial charge in [0, 0.05) is 13.8 Å². The van der Waals surface area contributed by atoms with E-state index in [0.717, 1.165) is 97.3 Å². The minimum absolute atomic E-state index is 0.00386. The number of hydrogen-bond acceptors (Lipinski definition) is 16. The predicted octanol–water partition coefficient (Wildman–Crippen LogP) is 2.43. The Kier molecular flexibility index (Phi) is 23.2. The van der Waals surface area contributed by atoms with Crippen LogP contribution >= 0.6 is 0 Å². The molecule has 2 rings (SSSR count). The molecule has 0 radical (unpaired) electrons. The van der Waals surface area contributed by atoms with E-state index in [-0.39, 0.29) is 11.3 Å². The third-order valence-electron chi connectivity index (χ3n) is 9.90. The Labute approximate surface area is 333 Å². The summed E-state index contributed by atoms with van der Waals surface area (Å²) in [6, 6.07) is 4.81. The number of phenols is 1. The fourth-order valence-electron chi connectivity index (χ4n) is 6.78. The molecule has 326 valence electrons. The first-order valence-electron chi connectivity index (χ1n) is 20.0. The van der Waals surface area contributed by atoms with Crippen LogP contribution in [0.4, 0.5) is 0 Å². The largest absolute Gasteiger partial charge is 0.507 e. The van der Waals surface area contributed by atoms with Gasteiger partial charge >= 0.3 is 23.9 Å². The van der Waals surface area contributed by atoms with Gasteiger partial charge in [-0.15, -0.1) is 0 Å². The monoisotopic (exact) mass is 816 g/mol. The standard InChI is InChI=1S/C40H64O17/c1-24(18-15-13-11-9-7-5-4-6-8-10-12-14-16-19-27-20-17-21-28(45)31(27)38(50)51)53-39(52)36(54-25(2)43)34(48)32(46)29(22-41)56-40-37(55-26(3)44)35(49)33(47)30(23-42)57-40/h17,20-21,24,29-30,32-37,40-42,45-49H,4-16,18-19,22-23H2,1-3H3,(H,50,51)/t24-,29+,30+,32+,33+,34+,35-,36+,37+,40+/m0/s1. The molecular formula is C40H64O17. The Morgan fingerprint density at radius 2 is 1.33 bits per heavy atom. The number of aliphatic hydroxyl groups excluding tert-OH is 6. The third kappa shape index (κ3) is 17.1. The van der Waals surface area contributed by atoms with Crippen molar-refractivity contribution >= 4 is 23.9 Å². The van der Waals surface area contributed by atoms with E-state index >= 15 is 0 Å². The van der Waals surface area contributed by atoms with E-state index in [0.29, 0.717) is 18.4 Å².